The molecule has 0 spiro atoms. The van der Waals surface area contributed by atoms with Crippen LogP contribution in [-0.4, -0.2) is 57.3 Å². The van der Waals surface area contributed by atoms with E-state index in [1.54, 1.807) is 0 Å². The summed E-state index contributed by atoms with van der Waals surface area (Å²) < 4.78 is 36.2. The summed E-state index contributed by atoms with van der Waals surface area (Å²) in [4.78, 5) is 0. The summed E-state index contributed by atoms with van der Waals surface area (Å²) in [6, 6.07) is 1.36. The molecule has 0 saturated carbocycles. The third-order valence-corrected chi connectivity index (χ3v) is 10.2. The zero-order chi connectivity index (χ0) is 20.2. The van der Waals surface area contributed by atoms with E-state index in [0.29, 0.717) is 51.7 Å². The van der Waals surface area contributed by atoms with Crippen molar-refractivity contribution in [3.8, 4) is 0 Å². The minimum absolute atomic E-state index is 0.577. The SMILES string of the molecule is CCO[Si](CC1=C(C[Si](OCC)(OCC)OCC)CC=C1)(OCC)OCC. The highest BCUT2D eigenvalue weighted by Gasteiger charge is 2.45. The lowest BCUT2D eigenvalue weighted by Crippen LogP contribution is -2.47. The molecule has 0 atom stereocenters. The molecule has 0 saturated heterocycles. The van der Waals surface area contributed by atoms with Gasteiger partial charge in [0.15, 0.2) is 0 Å². The Labute approximate surface area is 167 Å². The van der Waals surface area contributed by atoms with Gasteiger partial charge in [0.05, 0.1) is 0 Å². The second kappa shape index (κ2) is 13.0. The smallest absolute Gasteiger partial charge is 0.374 e. The molecule has 27 heavy (non-hydrogen) atoms. The third kappa shape index (κ3) is 7.54. The van der Waals surface area contributed by atoms with Gasteiger partial charge in [-0.25, -0.2) is 0 Å². The maximum atomic E-state index is 6.04. The fraction of sp³-hybridized carbons (Fsp3) is 0.789. The van der Waals surface area contributed by atoms with Gasteiger partial charge in [-0.3, -0.25) is 0 Å². The second-order valence-electron chi connectivity index (χ2n) is 6.05. The molecule has 1 aliphatic rings. The topological polar surface area (TPSA) is 55.4 Å². The molecule has 0 aromatic heterocycles. The van der Waals surface area contributed by atoms with E-state index >= 15 is 0 Å². The summed E-state index contributed by atoms with van der Waals surface area (Å²) in [5.41, 5.74) is 2.50. The summed E-state index contributed by atoms with van der Waals surface area (Å²) in [5.74, 6) is 0. The Morgan fingerprint density at radius 2 is 1.00 bits per heavy atom. The van der Waals surface area contributed by atoms with Crippen molar-refractivity contribution in [3.63, 3.8) is 0 Å². The van der Waals surface area contributed by atoms with E-state index < -0.39 is 17.6 Å². The Morgan fingerprint density at radius 1 is 0.630 bits per heavy atom. The lowest BCUT2D eigenvalue weighted by molar-refractivity contribution is 0.0716. The first-order valence-corrected chi connectivity index (χ1v) is 14.1. The molecule has 0 fully saturated rings. The standard InChI is InChI=1S/C19H38O6Si2/c1-7-20-26(21-8-2,22-9-3)16-18-14-13-15-19(18)17-27(23-10-4,24-11-5)25-12-6/h13-14H,7-12,15-17H2,1-6H3. The number of rotatable bonds is 16. The Hall–Kier alpha value is -0.326. The van der Waals surface area contributed by atoms with Crippen LogP contribution in [0.25, 0.3) is 0 Å². The van der Waals surface area contributed by atoms with E-state index in [2.05, 4.69) is 12.2 Å². The molecular formula is C19H38O6Si2. The molecule has 0 N–H and O–H groups in total. The maximum Gasteiger partial charge on any atom is 0.505 e. The van der Waals surface area contributed by atoms with Crippen LogP contribution >= 0.6 is 0 Å². The van der Waals surface area contributed by atoms with Crippen LogP contribution in [0.2, 0.25) is 12.1 Å². The van der Waals surface area contributed by atoms with Gasteiger partial charge in [-0.2, -0.15) is 0 Å². The van der Waals surface area contributed by atoms with Crippen molar-refractivity contribution in [3.05, 3.63) is 23.3 Å². The first-order valence-electron chi connectivity index (χ1n) is 10.2. The Balaban J connectivity index is 3.10. The van der Waals surface area contributed by atoms with E-state index in [-0.39, 0.29) is 0 Å². The fourth-order valence-corrected chi connectivity index (χ4v) is 8.81. The fourth-order valence-electron chi connectivity index (χ4n) is 3.33. The molecule has 0 heterocycles. The largest absolute Gasteiger partial charge is 0.505 e. The quantitative estimate of drug-likeness (QED) is 0.348. The van der Waals surface area contributed by atoms with Crippen LogP contribution in [0, 0.1) is 0 Å². The van der Waals surface area contributed by atoms with Crippen molar-refractivity contribution >= 4 is 17.6 Å². The predicted molar refractivity (Wildman–Crippen MR) is 112 cm³/mol. The summed E-state index contributed by atoms with van der Waals surface area (Å²) in [5, 5.41) is 0. The van der Waals surface area contributed by atoms with Crippen LogP contribution in [0.4, 0.5) is 0 Å². The molecule has 6 nitrogen and oxygen atoms in total. The molecule has 0 aromatic carbocycles. The minimum Gasteiger partial charge on any atom is -0.374 e. The molecule has 1 rings (SSSR count). The van der Waals surface area contributed by atoms with Gasteiger partial charge < -0.3 is 26.6 Å². The molecule has 0 aromatic rings. The second-order valence-corrected chi connectivity index (χ2v) is 11.2. The van der Waals surface area contributed by atoms with Gasteiger partial charge in [-0.15, -0.1) is 0 Å². The van der Waals surface area contributed by atoms with E-state index in [1.165, 1.54) is 11.1 Å². The maximum absolute atomic E-state index is 6.04. The number of hydrogen-bond donors (Lipinski definition) is 0. The van der Waals surface area contributed by atoms with Gasteiger partial charge in [-0.05, 0) is 53.5 Å². The molecule has 0 bridgehead atoms. The van der Waals surface area contributed by atoms with E-state index in [4.69, 9.17) is 26.6 Å². The molecular weight excluding hydrogens is 380 g/mol. The summed E-state index contributed by atoms with van der Waals surface area (Å²) >= 11 is 0. The highest BCUT2D eigenvalue weighted by molar-refractivity contribution is 6.62. The molecule has 0 amide bonds. The van der Waals surface area contributed by atoms with Crippen molar-refractivity contribution in [2.75, 3.05) is 39.6 Å². The van der Waals surface area contributed by atoms with Gasteiger partial charge in [0, 0.05) is 51.7 Å². The van der Waals surface area contributed by atoms with Crippen LogP contribution in [0.3, 0.4) is 0 Å². The summed E-state index contributed by atoms with van der Waals surface area (Å²) in [6.45, 7) is 15.4. The van der Waals surface area contributed by atoms with Crippen molar-refractivity contribution < 1.29 is 26.6 Å². The zero-order valence-electron chi connectivity index (χ0n) is 18.0. The average molecular weight is 419 g/mol. The molecule has 0 unspecified atom stereocenters. The third-order valence-electron chi connectivity index (χ3n) is 4.16. The normalized spacial score (nSPS) is 15.2. The Bertz CT molecular complexity index is 447. The minimum atomic E-state index is -2.75. The Kier molecular flexibility index (Phi) is 11.9. The molecule has 0 radical (unpaired) electrons. The van der Waals surface area contributed by atoms with Gasteiger partial charge in [-0.1, -0.05) is 17.7 Å². The van der Waals surface area contributed by atoms with Crippen LogP contribution < -0.4 is 0 Å². The lowest BCUT2D eigenvalue weighted by atomic mass is 10.2. The van der Waals surface area contributed by atoms with Gasteiger partial charge in [0.25, 0.3) is 0 Å². The monoisotopic (exact) mass is 418 g/mol. The van der Waals surface area contributed by atoms with Crippen molar-refractivity contribution in [1.82, 2.24) is 0 Å². The average Bonchev–Trinajstić information content (AvgIpc) is 3.02. The molecule has 0 aliphatic heterocycles. The molecule has 1 aliphatic carbocycles. The van der Waals surface area contributed by atoms with Crippen LogP contribution in [0.1, 0.15) is 48.0 Å². The van der Waals surface area contributed by atoms with Crippen molar-refractivity contribution in [2.24, 2.45) is 0 Å². The van der Waals surface area contributed by atoms with Crippen LogP contribution in [0.15, 0.2) is 23.3 Å². The van der Waals surface area contributed by atoms with E-state index in [9.17, 15) is 0 Å². The van der Waals surface area contributed by atoms with Gasteiger partial charge >= 0.3 is 17.6 Å². The highest BCUT2D eigenvalue weighted by Crippen LogP contribution is 2.34. The lowest BCUT2D eigenvalue weighted by Gasteiger charge is -2.31. The van der Waals surface area contributed by atoms with Crippen molar-refractivity contribution in [2.45, 2.75) is 60.1 Å². The summed E-state index contributed by atoms with van der Waals surface area (Å²) in [7, 11) is -5.49. The number of hydrogen-bond acceptors (Lipinski definition) is 6. The Morgan fingerprint density at radius 3 is 1.37 bits per heavy atom. The van der Waals surface area contributed by atoms with Crippen molar-refractivity contribution in [1.29, 1.82) is 0 Å². The van der Waals surface area contributed by atoms with E-state index in [0.717, 1.165) is 6.42 Å². The number of allylic oxidation sites excluding steroid dienone is 4. The zero-order valence-corrected chi connectivity index (χ0v) is 20.0. The van der Waals surface area contributed by atoms with Gasteiger partial charge in [0.1, 0.15) is 0 Å². The first kappa shape index (κ1) is 24.7. The highest BCUT2D eigenvalue weighted by atomic mass is 28.4. The van der Waals surface area contributed by atoms with Crippen LogP contribution in [-0.2, 0) is 26.6 Å². The van der Waals surface area contributed by atoms with Crippen LogP contribution in [0.5, 0.6) is 0 Å². The first-order chi connectivity index (χ1) is 13.0. The van der Waals surface area contributed by atoms with E-state index in [1.807, 2.05) is 41.5 Å². The summed E-state index contributed by atoms with van der Waals surface area (Å²) in [6.07, 6.45) is 5.22. The molecule has 158 valence electrons. The molecule has 8 heteroatoms. The predicted octanol–water partition coefficient (Wildman–Crippen LogP) is 4.34. The van der Waals surface area contributed by atoms with Gasteiger partial charge in [0.2, 0.25) is 0 Å².